The highest BCUT2D eigenvalue weighted by molar-refractivity contribution is 7.92. The largest absolute Gasteiger partial charge is 0.321 e. The standard InChI is InChI=1S/C25H27ClN2O3S/c1-4-19-7-6-8-20(5-2)24(19)27-25(29)21-11-15-23(16-12-21)28(32(3,30)31)17-18-9-13-22(26)14-10-18/h6-16H,4-5,17H2,1-3H3,(H,27,29). The van der Waals surface area contributed by atoms with Gasteiger partial charge in [0.2, 0.25) is 10.0 Å². The van der Waals surface area contributed by atoms with Crippen molar-refractivity contribution in [3.63, 3.8) is 0 Å². The minimum Gasteiger partial charge on any atom is -0.321 e. The van der Waals surface area contributed by atoms with Gasteiger partial charge in [-0.2, -0.15) is 0 Å². The van der Waals surface area contributed by atoms with Crippen molar-refractivity contribution in [2.45, 2.75) is 33.2 Å². The third-order valence-electron chi connectivity index (χ3n) is 5.29. The van der Waals surface area contributed by atoms with Crippen LogP contribution in [0.15, 0.2) is 66.7 Å². The fourth-order valence-corrected chi connectivity index (χ4v) is 4.54. The molecule has 3 aromatic rings. The van der Waals surface area contributed by atoms with E-state index >= 15 is 0 Å². The van der Waals surface area contributed by atoms with Crippen LogP contribution in [0.4, 0.5) is 11.4 Å². The summed E-state index contributed by atoms with van der Waals surface area (Å²) < 4.78 is 26.2. The summed E-state index contributed by atoms with van der Waals surface area (Å²) in [5.74, 6) is -0.226. The SMILES string of the molecule is CCc1cccc(CC)c1NC(=O)c1ccc(N(Cc2ccc(Cl)cc2)S(C)(=O)=O)cc1. The predicted octanol–water partition coefficient (Wildman–Crippen LogP) is 5.68. The van der Waals surface area contributed by atoms with Crippen LogP contribution in [0.1, 0.15) is 40.9 Å². The van der Waals surface area contributed by atoms with E-state index in [1.807, 2.05) is 18.2 Å². The number of para-hydroxylation sites is 1. The number of benzene rings is 3. The molecule has 0 aromatic heterocycles. The molecule has 5 nitrogen and oxygen atoms in total. The number of sulfonamides is 1. The van der Waals surface area contributed by atoms with Gasteiger partial charge in [0.15, 0.2) is 0 Å². The number of nitrogens with one attached hydrogen (secondary N) is 1. The maximum atomic E-state index is 12.9. The molecule has 168 valence electrons. The molecule has 0 heterocycles. The van der Waals surface area contributed by atoms with Gasteiger partial charge in [-0.15, -0.1) is 0 Å². The summed E-state index contributed by atoms with van der Waals surface area (Å²) in [5, 5.41) is 3.63. The van der Waals surface area contributed by atoms with Gasteiger partial charge in [0.1, 0.15) is 0 Å². The molecule has 0 unspecified atom stereocenters. The third kappa shape index (κ3) is 5.69. The van der Waals surface area contributed by atoms with Crippen molar-refractivity contribution in [1.82, 2.24) is 0 Å². The molecule has 0 saturated heterocycles. The van der Waals surface area contributed by atoms with E-state index in [-0.39, 0.29) is 12.5 Å². The second-order valence-electron chi connectivity index (χ2n) is 7.56. The highest BCUT2D eigenvalue weighted by Gasteiger charge is 2.19. The lowest BCUT2D eigenvalue weighted by Crippen LogP contribution is -2.29. The molecule has 7 heteroatoms. The molecule has 0 radical (unpaired) electrons. The summed E-state index contributed by atoms with van der Waals surface area (Å²) >= 11 is 5.93. The highest BCUT2D eigenvalue weighted by atomic mass is 35.5. The second-order valence-corrected chi connectivity index (χ2v) is 9.90. The second kappa shape index (κ2) is 10.2. The summed E-state index contributed by atoms with van der Waals surface area (Å²) in [6.07, 6.45) is 2.80. The van der Waals surface area contributed by atoms with Gasteiger partial charge in [0.25, 0.3) is 5.91 Å². The molecule has 0 atom stereocenters. The molecule has 0 saturated carbocycles. The van der Waals surface area contributed by atoms with Crippen LogP contribution in [0.5, 0.6) is 0 Å². The van der Waals surface area contributed by atoms with E-state index in [0.717, 1.165) is 41.5 Å². The number of aryl methyl sites for hydroxylation is 2. The van der Waals surface area contributed by atoms with Crippen LogP contribution in [-0.2, 0) is 29.4 Å². The summed E-state index contributed by atoms with van der Waals surface area (Å²) in [6, 6.07) is 19.6. The van der Waals surface area contributed by atoms with Crippen molar-refractivity contribution in [3.8, 4) is 0 Å². The monoisotopic (exact) mass is 470 g/mol. The highest BCUT2D eigenvalue weighted by Crippen LogP contribution is 2.25. The molecule has 32 heavy (non-hydrogen) atoms. The summed E-state index contributed by atoms with van der Waals surface area (Å²) in [4.78, 5) is 12.9. The maximum absolute atomic E-state index is 12.9. The zero-order chi connectivity index (χ0) is 23.3. The van der Waals surface area contributed by atoms with Crippen molar-refractivity contribution in [3.05, 3.63) is 94.0 Å². The quantitative estimate of drug-likeness (QED) is 0.460. The van der Waals surface area contributed by atoms with Crippen LogP contribution < -0.4 is 9.62 Å². The lowest BCUT2D eigenvalue weighted by Gasteiger charge is -2.23. The number of carbonyl (C=O) groups excluding carboxylic acids is 1. The molecule has 0 spiro atoms. The Morgan fingerprint density at radius 1 is 0.906 bits per heavy atom. The zero-order valence-corrected chi connectivity index (χ0v) is 20.0. The van der Waals surface area contributed by atoms with Gasteiger partial charge in [-0.3, -0.25) is 9.10 Å². The summed E-state index contributed by atoms with van der Waals surface area (Å²) in [5.41, 5.74) is 4.78. The normalized spacial score (nSPS) is 11.2. The minimum absolute atomic E-state index is 0.172. The fourth-order valence-electron chi connectivity index (χ4n) is 3.52. The van der Waals surface area contributed by atoms with E-state index in [1.165, 1.54) is 4.31 Å². The number of hydrogen-bond donors (Lipinski definition) is 1. The molecular weight excluding hydrogens is 444 g/mol. The van der Waals surface area contributed by atoms with Gasteiger partial charge >= 0.3 is 0 Å². The Hall–Kier alpha value is -2.83. The Morgan fingerprint density at radius 2 is 1.47 bits per heavy atom. The lowest BCUT2D eigenvalue weighted by atomic mass is 10.0. The van der Waals surface area contributed by atoms with Crippen LogP contribution in [0.3, 0.4) is 0 Å². The summed E-state index contributed by atoms with van der Waals surface area (Å²) in [6.45, 7) is 4.28. The van der Waals surface area contributed by atoms with Gasteiger partial charge in [-0.05, 0) is 65.9 Å². The first-order chi connectivity index (χ1) is 15.2. The van der Waals surface area contributed by atoms with Gasteiger partial charge in [-0.25, -0.2) is 8.42 Å². The molecule has 0 fully saturated rings. The predicted molar refractivity (Wildman–Crippen MR) is 132 cm³/mol. The van der Waals surface area contributed by atoms with E-state index in [0.29, 0.717) is 16.3 Å². The van der Waals surface area contributed by atoms with Crippen LogP contribution in [0.2, 0.25) is 5.02 Å². The Bertz CT molecular complexity index is 1170. The number of rotatable bonds is 8. The van der Waals surface area contributed by atoms with Crippen LogP contribution in [0, 0.1) is 0 Å². The third-order valence-corrected chi connectivity index (χ3v) is 6.69. The number of carbonyl (C=O) groups is 1. The van der Waals surface area contributed by atoms with E-state index in [2.05, 4.69) is 19.2 Å². The Balaban J connectivity index is 1.84. The van der Waals surface area contributed by atoms with Crippen LogP contribution in [0.25, 0.3) is 0 Å². The number of anilines is 2. The fraction of sp³-hybridized carbons (Fsp3) is 0.240. The topological polar surface area (TPSA) is 66.5 Å². The van der Waals surface area contributed by atoms with E-state index in [1.54, 1.807) is 48.5 Å². The molecule has 0 aliphatic rings. The number of amides is 1. The number of nitrogens with zero attached hydrogens (tertiary/aromatic N) is 1. The van der Waals surface area contributed by atoms with Crippen molar-refractivity contribution < 1.29 is 13.2 Å². The van der Waals surface area contributed by atoms with Crippen LogP contribution >= 0.6 is 11.6 Å². The summed E-state index contributed by atoms with van der Waals surface area (Å²) in [7, 11) is -3.53. The first-order valence-electron chi connectivity index (χ1n) is 10.5. The molecule has 1 amide bonds. The first-order valence-corrected chi connectivity index (χ1v) is 12.7. The average Bonchev–Trinajstić information content (AvgIpc) is 2.78. The molecule has 3 rings (SSSR count). The van der Waals surface area contributed by atoms with E-state index in [4.69, 9.17) is 11.6 Å². The Morgan fingerprint density at radius 3 is 1.97 bits per heavy atom. The number of hydrogen-bond acceptors (Lipinski definition) is 3. The van der Waals surface area contributed by atoms with Crippen molar-refractivity contribution in [2.24, 2.45) is 0 Å². The molecule has 3 aromatic carbocycles. The molecule has 0 aliphatic carbocycles. The zero-order valence-electron chi connectivity index (χ0n) is 18.4. The molecular formula is C25H27ClN2O3S. The maximum Gasteiger partial charge on any atom is 0.255 e. The van der Waals surface area contributed by atoms with Crippen molar-refractivity contribution in [1.29, 1.82) is 0 Å². The minimum atomic E-state index is -3.53. The Labute approximate surface area is 195 Å². The Kier molecular flexibility index (Phi) is 7.59. The van der Waals surface area contributed by atoms with Gasteiger partial charge in [0, 0.05) is 16.3 Å². The first kappa shape index (κ1) is 23.8. The van der Waals surface area contributed by atoms with E-state index in [9.17, 15) is 13.2 Å². The lowest BCUT2D eigenvalue weighted by molar-refractivity contribution is 0.102. The van der Waals surface area contributed by atoms with Crippen molar-refractivity contribution >= 4 is 38.9 Å². The average molecular weight is 471 g/mol. The molecule has 0 bridgehead atoms. The van der Waals surface area contributed by atoms with Gasteiger partial charge in [-0.1, -0.05) is 55.8 Å². The van der Waals surface area contributed by atoms with Crippen molar-refractivity contribution in [2.75, 3.05) is 15.9 Å². The molecule has 1 N–H and O–H groups in total. The van der Waals surface area contributed by atoms with Crippen LogP contribution in [-0.4, -0.2) is 20.6 Å². The van der Waals surface area contributed by atoms with Gasteiger partial charge < -0.3 is 5.32 Å². The smallest absolute Gasteiger partial charge is 0.255 e. The van der Waals surface area contributed by atoms with Gasteiger partial charge in [0.05, 0.1) is 18.5 Å². The number of halogens is 1. The van der Waals surface area contributed by atoms with E-state index < -0.39 is 10.0 Å². The molecule has 0 aliphatic heterocycles.